The van der Waals surface area contributed by atoms with Gasteiger partial charge in [0.2, 0.25) is 15.8 Å². The fourth-order valence-corrected chi connectivity index (χ4v) is 3.17. The smallest absolute Gasteiger partial charge is 0.292 e. The summed E-state index contributed by atoms with van der Waals surface area (Å²) in [5.41, 5.74) is -0.151. The van der Waals surface area contributed by atoms with Crippen LogP contribution in [-0.2, 0) is 16.2 Å². The number of ketones is 1. The SMILES string of the molecule is CC(C(=O)c1ccc(NS(C)(=O)=O)cc1)n1nnc(-c2cccc(C(F)(F)F)c2)n1. The lowest BCUT2D eigenvalue weighted by molar-refractivity contribution is -0.137. The lowest BCUT2D eigenvalue weighted by Gasteiger charge is -2.10. The minimum Gasteiger partial charge on any atom is -0.292 e. The largest absolute Gasteiger partial charge is 0.416 e. The molecule has 0 spiro atoms. The van der Waals surface area contributed by atoms with Gasteiger partial charge in [-0.25, -0.2) is 8.42 Å². The van der Waals surface area contributed by atoms with Gasteiger partial charge in [-0.3, -0.25) is 9.52 Å². The molecule has 3 aromatic rings. The van der Waals surface area contributed by atoms with Gasteiger partial charge in [0.25, 0.3) is 0 Å². The fraction of sp³-hybridized carbons (Fsp3) is 0.222. The van der Waals surface area contributed by atoms with Crippen molar-refractivity contribution < 1.29 is 26.4 Å². The van der Waals surface area contributed by atoms with Crippen molar-refractivity contribution >= 4 is 21.5 Å². The molecule has 1 aromatic heterocycles. The van der Waals surface area contributed by atoms with Crippen LogP contribution in [0.1, 0.15) is 28.9 Å². The van der Waals surface area contributed by atoms with Crippen LogP contribution in [0.2, 0.25) is 0 Å². The molecule has 0 fully saturated rings. The van der Waals surface area contributed by atoms with Crippen LogP contribution >= 0.6 is 0 Å². The van der Waals surface area contributed by atoms with Gasteiger partial charge in [-0.15, -0.1) is 10.2 Å². The van der Waals surface area contributed by atoms with Crippen LogP contribution in [-0.4, -0.2) is 40.7 Å². The number of Topliss-reactive ketones (excluding diaryl/α,β-unsaturated/α-hetero) is 1. The third-order valence-electron chi connectivity index (χ3n) is 4.07. The molecule has 158 valence electrons. The second-order valence-corrected chi connectivity index (χ2v) is 8.25. The third kappa shape index (κ3) is 5.00. The van der Waals surface area contributed by atoms with Gasteiger partial charge < -0.3 is 0 Å². The molecule has 2 aromatic carbocycles. The summed E-state index contributed by atoms with van der Waals surface area (Å²) in [5.74, 6) is -0.428. The van der Waals surface area contributed by atoms with Crippen LogP contribution in [0.3, 0.4) is 0 Å². The molecule has 0 saturated heterocycles. The number of halogens is 3. The van der Waals surface area contributed by atoms with E-state index >= 15 is 0 Å². The summed E-state index contributed by atoms with van der Waals surface area (Å²) in [6, 6.07) is 9.35. The highest BCUT2D eigenvalue weighted by atomic mass is 32.2. The number of carbonyl (C=O) groups is 1. The van der Waals surface area contributed by atoms with Gasteiger partial charge in [0.05, 0.1) is 11.8 Å². The number of nitrogens with one attached hydrogen (secondary N) is 1. The maximum absolute atomic E-state index is 12.9. The average Bonchev–Trinajstić information content (AvgIpc) is 3.16. The maximum Gasteiger partial charge on any atom is 0.416 e. The van der Waals surface area contributed by atoms with Gasteiger partial charge >= 0.3 is 6.18 Å². The van der Waals surface area contributed by atoms with Crippen LogP contribution in [0, 0.1) is 0 Å². The van der Waals surface area contributed by atoms with Gasteiger partial charge in [0, 0.05) is 16.8 Å². The first-order chi connectivity index (χ1) is 13.9. The van der Waals surface area contributed by atoms with Crippen molar-refractivity contribution in [1.82, 2.24) is 20.2 Å². The zero-order valence-electron chi connectivity index (χ0n) is 15.8. The average molecular weight is 439 g/mol. The van der Waals surface area contributed by atoms with Gasteiger partial charge in [-0.2, -0.15) is 18.0 Å². The molecule has 0 saturated carbocycles. The molecule has 0 bridgehead atoms. The molecule has 0 aliphatic rings. The van der Waals surface area contributed by atoms with Gasteiger partial charge in [-0.05, 0) is 48.5 Å². The fourth-order valence-electron chi connectivity index (χ4n) is 2.60. The van der Waals surface area contributed by atoms with Crippen molar-refractivity contribution in [2.24, 2.45) is 0 Å². The van der Waals surface area contributed by atoms with E-state index in [-0.39, 0.29) is 22.7 Å². The molecule has 0 radical (unpaired) electrons. The molecule has 12 heteroatoms. The van der Waals surface area contributed by atoms with E-state index in [1.807, 2.05) is 0 Å². The summed E-state index contributed by atoms with van der Waals surface area (Å²) in [7, 11) is -3.44. The summed E-state index contributed by atoms with van der Waals surface area (Å²) in [4.78, 5) is 13.7. The Bertz CT molecular complexity index is 1170. The Morgan fingerprint density at radius 3 is 2.40 bits per heavy atom. The first-order valence-corrected chi connectivity index (χ1v) is 10.4. The third-order valence-corrected chi connectivity index (χ3v) is 4.68. The van der Waals surface area contributed by atoms with Gasteiger partial charge in [0.15, 0.2) is 5.78 Å². The summed E-state index contributed by atoms with van der Waals surface area (Å²) < 4.78 is 63.4. The minimum atomic E-state index is -4.51. The topological polar surface area (TPSA) is 107 Å². The molecule has 1 atom stereocenters. The summed E-state index contributed by atoms with van der Waals surface area (Å²) in [6.45, 7) is 1.52. The molecule has 1 unspecified atom stereocenters. The predicted octanol–water partition coefficient (Wildman–Crippen LogP) is 3.17. The quantitative estimate of drug-likeness (QED) is 0.592. The van der Waals surface area contributed by atoms with E-state index in [4.69, 9.17) is 0 Å². The zero-order valence-corrected chi connectivity index (χ0v) is 16.6. The number of anilines is 1. The molecule has 30 heavy (non-hydrogen) atoms. The monoisotopic (exact) mass is 439 g/mol. The van der Waals surface area contributed by atoms with Crippen molar-refractivity contribution in [2.45, 2.75) is 19.1 Å². The number of alkyl halides is 3. The number of aromatic nitrogens is 4. The zero-order chi connectivity index (χ0) is 22.1. The number of benzene rings is 2. The van der Waals surface area contributed by atoms with Crippen LogP contribution in [0.15, 0.2) is 48.5 Å². The lowest BCUT2D eigenvalue weighted by atomic mass is 10.1. The van der Waals surface area contributed by atoms with E-state index in [2.05, 4.69) is 20.1 Å². The number of hydrogen-bond acceptors (Lipinski definition) is 6. The van der Waals surface area contributed by atoms with Crippen LogP contribution in [0.5, 0.6) is 0 Å². The minimum absolute atomic E-state index is 0.0477. The number of hydrogen-bond donors (Lipinski definition) is 1. The van der Waals surface area contributed by atoms with E-state index in [0.717, 1.165) is 23.2 Å². The Balaban J connectivity index is 1.79. The lowest BCUT2D eigenvalue weighted by Crippen LogP contribution is -2.19. The van der Waals surface area contributed by atoms with Crippen LogP contribution in [0.25, 0.3) is 11.4 Å². The summed E-state index contributed by atoms with van der Waals surface area (Å²) in [6.07, 6.45) is -3.50. The molecule has 0 aliphatic heterocycles. The normalized spacial score (nSPS) is 13.1. The molecular weight excluding hydrogens is 423 g/mol. The molecule has 3 rings (SSSR count). The Kier molecular flexibility index (Phi) is 5.61. The van der Waals surface area contributed by atoms with E-state index in [1.54, 1.807) is 0 Å². The van der Waals surface area contributed by atoms with Crippen molar-refractivity contribution in [2.75, 3.05) is 11.0 Å². The standard InChI is InChI=1S/C18H16F3N5O3S/c1-11(16(27)12-6-8-15(9-7-12)24-30(2,28)29)26-23-17(22-25-26)13-4-3-5-14(10-13)18(19,20)21/h3-11,24H,1-2H3. The van der Waals surface area contributed by atoms with Gasteiger partial charge in [0.1, 0.15) is 6.04 Å². The van der Waals surface area contributed by atoms with E-state index in [1.165, 1.54) is 43.3 Å². The molecular formula is C18H16F3N5O3S. The molecule has 8 nitrogen and oxygen atoms in total. The van der Waals surface area contributed by atoms with Crippen LogP contribution < -0.4 is 4.72 Å². The van der Waals surface area contributed by atoms with Crippen molar-refractivity contribution in [3.05, 3.63) is 59.7 Å². The number of rotatable bonds is 6. The summed E-state index contributed by atoms with van der Waals surface area (Å²) in [5, 5.41) is 11.6. The molecule has 1 N–H and O–H groups in total. The number of sulfonamides is 1. The number of nitrogens with zero attached hydrogens (tertiary/aromatic N) is 4. The first kappa shape index (κ1) is 21.4. The maximum atomic E-state index is 12.9. The Hall–Kier alpha value is -3.28. The molecule has 0 amide bonds. The van der Waals surface area contributed by atoms with E-state index in [9.17, 15) is 26.4 Å². The van der Waals surface area contributed by atoms with Crippen LogP contribution in [0.4, 0.5) is 18.9 Å². The highest BCUT2D eigenvalue weighted by Gasteiger charge is 2.31. The van der Waals surface area contributed by atoms with Gasteiger partial charge in [-0.1, -0.05) is 12.1 Å². The Morgan fingerprint density at radius 1 is 1.13 bits per heavy atom. The van der Waals surface area contributed by atoms with Crippen molar-refractivity contribution in [3.8, 4) is 11.4 Å². The van der Waals surface area contributed by atoms with Crippen molar-refractivity contribution in [3.63, 3.8) is 0 Å². The number of tetrazole rings is 1. The van der Waals surface area contributed by atoms with E-state index < -0.39 is 27.8 Å². The van der Waals surface area contributed by atoms with Crippen molar-refractivity contribution in [1.29, 1.82) is 0 Å². The molecule has 1 heterocycles. The Morgan fingerprint density at radius 2 is 1.80 bits per heavy atom. The summed E-state index contributed by atoms with van der Waals surface area (Å²) >= 11 is 0. The second kappa shape index (κ2) is 7.86. The second-order valence-electron chi connectivity index (χ2n) is 6.50. The Labute approximate surface area is 169 Å². The highest BCUT2D eigenvalue weighted by Crippen LogP contribution is 2.31. The predicted molar refractivity (Wildman–Crippen MR) is 102 cm³/mol. The number of carbonyl (C=O) groups excluding carboxylic acids is 1. The van der Waals surface area contributed by atoms with E-state index in [0.29, 0.717) is 5.69 Å². The highest BCUT2D eigenvalue weighted by molar-refractivity contribution is 7.92. The molecule has 0 aliphatic carbocycles. The first-order valence-electron chi connectivity index (χ1n) is 8.53.